The van der Waals surface area contributed by atoms with Gasteiger partial charge in [0.1, 0.15) is 6.61 Å². The van der Waals surface area contributed by atoms with Crippen LogP contribution in [-0.2, 0) is 24.4 Å². The SMILES string of the molecule is C[C@]12C=CC(=O)C=C1CC[C@@H]1[C@@H]2[C@@H](O)C[C@@]2(C)[C@H]1C[C@H]1O[C@@H](c3ccc(CBr)cc3)O[C@]12C(=O)CO. The van der Waals surface area contributed by atoms with Crippen molar-refractivity contribution in [2.45, 2.75) is 69.0 Å². The highest BCUT2D eigenvalue weighted by molar-refractivity contribution is 9.08. The largest absolute Gasteiger partial charge is 0.393 e. The van der Waals surface area contributed by atoms with Crippen LogP contribution in [0.5, 0.6) is 0 Å². The standard InChI is InChI=1S/C29H33BrO6/c1-27-10-9-19(32)11-18(27)7-8-20-21-12-24-29(23(34)15-31,28(21,2)13-22(33)25(20)27)36-26(35-24)17-5-3-16(14-30)4-6-17/h3-6,9-11,20-22,24-26,31,33H,7-8,12-15H2,1-2H3/t20-,21-,22-,24+,25+,26+,27-,28-,29+/m0/s1. The van der Waals surface area contributed by atoms with Gasteiger partial charge < -0.3 is 19.7 Å². The summed E-state index contributed by atoms with van der Waals surface area (Å²) in [7, 11) is 0. The van der Waals surface area contributed by atoms with E-state index >= 15 is 0 Å². The Labute approximate surface area is 219 Å². The van der Waals surface area contributed by atoms with Crippen molar-refractivity contribution in [2.24, 2.45) is 28.6 Å². The highest BCUT2D eigenvalue weighted by Crippen LogP contribution is 2.70. The highest BCUT2D eigenvalue weighted by Gasteiger charge is 2.75. The molecule has 9 atom stereocenters. The van der Waals surface area contributed by atoms with Crippen LogP contribution in [0.1, 0.15) is 56.9 Å². The number of Topliss-reactive ketones (excluding diaryl/α,β-unsaturated/α-hetero) is 1. The number of rotatable bonds is 4. The third-order valence-electron chi connectivity index (χ3n) is 10.2. The van der Waals surface area contributed by atoms with Gasteiger partial charge in [0.25, 0.3) is 0 Å². The molecule has 0 aromatic heterocycles. The van der Waals surface area contributed by atoms with Crippen LogP contribution in [0, 0.1) is 28.6 Å². The first kappa shape index (κ1) is 24.7. The van der Waals surface area contributed by atoms with E-state index in [1.165, 1.54) is 0 Å². The molecule has 1 aromatic rings. The lowest BCUT2D eigenvalue weighted by Crippen LogP contribution is -2.63. The number of allylic oxidation sites excluding steroid dienone is 4. The zero-order chi connectivity index (χ0) is 25.5. The number of carbonyl (C=O) groups is 2. The fourth-order valence-electron chi connectivity index (χ4n) is 8.60. The molecule has 3 saturated carbocycles. The number of hydrogen-bond donors (Lipinski definition) is 2. The van der Waals surface area contributed by atoms with Crippen LogP contribution < -0.4 is 0 Å². The number of aliphatic hydroxyl groups excluding tert-OH is 2. The average Bonchev–Trinajstić information content (AvgIpc) is 3.37. The molecule has 6 rings (SSSR count). The summed E-state index contributed by atoms with van der Waals surface area (Å²) in [5.74, 6) is -0.166. The Kier molecular flexibility index (Phi) is 5.78. The Morgan fingerprint density at radius 1 is 1.22 bits per heavy atom. The number of ketones is 2. The van der Waals surface area contributed by atoms with Crippen LogP contribution in [0.2, 0.25) is 0 Å². The molecule has 1 heterocycles. The zero-order valence-electron chi connectivity index (χ0n) is 20.7. The van der Waals surface area contributed by atoms with Crippen molar-refractivity contribution in [3.8, 4) is 0 Å². The summed E-state index contributed by atoms with van der Waals surface area (Å²) in [5, 5.41) is 22.5. The van der Waals surface area contributed by atoms with Crippen LogP contribution in [0.4, 0.5) is 0 Å². The first-order valence-electron chi connectivity index (χ1n) is 12.9. The minimum Gasteiger partial charge on any atom is -0.393 e. The molecule has 0 radical (unpaired) electrons. The average molecular weight is 557 g/mol. The van der Waals surface area contributed by atoms with Crippen molar-refractivity contribution >= 4 is 27.5 Å². The molecule has 0 amide bonds. The molecule has 7 heteroatoms. The Balaban J connectivity index is 1.38. The van der Waals surface area contributed by atoms with Crippen LogP contribution >= 0.6 is 15.9 Å². The number of benzene rings is 1. The predicted molar refractivity (Wildman–Crippen MR) is 136 cm³/mol. The van der Waals surface area contributed by atoms with Gasteiger partial charge in [-0.3, -0.25) is 9.59 Å². The summed E-state index contributed by atoms with van der Waals surface area (Å²) < 4.78 is 13.1. The maximum absolute atomic E-state index is 13.5. The summed E-state index contributed by atoms with van der Waals surface area (Å²) >= 11 is 3.47. The first-order chi connectivity index (χ1) is 17.2. The molecular weight excluding hydrogens is 524 g/mol. The van der Waals surface area contributed by atoms with Crippen molar-refractivity contribution in [3.05, 3.63) is 59.2 Å². The lowest BCUT2D eigenvalue weighted by molar-refractivity contribution is -0.201. The fraction of sp³-hybridized carbons (Fsp3) is 0.586. The molecule has 0 spiro atoms. The van der Waals surface area contributed by atoms with E-state index in [1.54, 1.807) is 12.2 Å². The molecule has 6 nitrogen and oxygen atoms in total. The van der Waals surface area contributed by atoms with E-state index in [0.717, 1.165) is 34.9 Å². The zero-order valence-corrected chi connectivity index (χ0v) is 22.2. The molecule has 1 saturated heterocycles. The van der Waals surface area contributed by atoms with E-state index in [2.05, 4.69) is 29.8 Å². The minimum absolute atomic E-state index is 0.0102. The Hall–Kier alpha value is -1.64. The maximum atomic E-state index is 13.5. The molecule has 36 heavy (non-hydrogen) atoms. The Morgan fingerprint density at radius 2 is 1.97 bits per heavy atom. The smallest absolute Gasteiger partial charge is 0.193 e. The number of aliphatic hydroxyl groups is 2. The van der Waals surface area contributed by atoms with Gasteiger partial charge in [-0.15, -0.1) is 0 Å². The highest BCUT2D eigenvalue weighted by atomic mass is 79.9. The third-order valence-corrected chi connectivity index (χ3v) is 10.8. The summed E-state index contributed by atoms with van der Waals surface area (Å²) in [6.07, 6.45) is 6.15. The predicted octanol–water partition coefficient (Wildman–Crippen LogP) is 4.18. The number of fused-ring (bicyclic) bond motifs is 7. The van der Waals surface area contributed by atoms with Gasteiger partial charge in [-0.25, -0.2) is 0 Å². The molecule has 4 aliphatic carbocycles. The molecule has 192 valence electrons. The molecule has 1 aliphatic heterocycles. The lowest BCUT2D eigenvalue weighted by Gasteiger charge is -2.59. The van der Waals surface area contributed by atoms with Crippen LogP contribution in [0.3, 0.4) is 0 Å². The van der Waals surface area contributed by atoms with E-state index in [4.69, 9.17) is 9.47 Å². The quantitative estimate of drug-likeness (QED) is 0.540. The second kappa shape index (κ2) is 8.43. The van der Waals surface area contributed by atoms with Gasteiger partial charge in [0.05, 0.1) is 12.2 Å². The molecule has 4 fully saturated rings. The van der Waals surface area contributed by atoms with E-state index in [-0.39, 0.29) is 34.7 Å². The second-order valence-electron chi connectivity index (χ2n) is 11.7. The summed E-state index contributed by atoms with van der Waals surface area (Å²) in [6, 6.07) is 7.91. The number of alkyl halides is 1. The minimum atomic E-state index is -1.31. The van der Waals surface area contributed by atoms with Crippen molar-refractivity contribution in [2.75, 3.05) is 6.61 Å². The van der Waals surface area contributed by atoms with Crippen LogP contribution in [-0.4, -0.2) is 46.2 Å². The Morgan fingerprint density at radius 3 is 2.67 bits per heavy atom. The van der Waals surface area contributed by atoms with Crippen LogP contribution in [0.25, 0.3) is 0 Å². The van der Waals surface area contributed by atoms with Crippen molar-refractivity contribution in [1.82, 2.24) is 0 Å². The lowest BCUT2D eigenvalue weighted by atomic mass is 9.46. The van der Waals surface area contributed by atoms with Gasteiger partial charge >= 0.3 is 0 Å². The number of hydrogen-bond acceptors (Lipinski definition) is 6. The van der Waals surface area contributed by atoms with Gasteiger partial charge in [0.15, 0.2) is 23.5 Å². The van der Waals surface area contributed by atoms with Crippen molar-refractivity contribution in [3.63, 3.8) is 0 Å². The number of carbonyl (C=O) groups excluding carboxylic acids is 2. The molecule has 1 aromatic carbocycles. The summed E-state index contributed by atoms with van der Waals surface area (Å²) in [6.45, 7) is 3.56. The third kappa shape index (κ3) is 3.16. The second-order valence-corrected chi connectivity index (χ2v) is 12.3. The van der Waals surface area contributed by atoms with Gasteiger partial charge in [-0.05, 0) is 55.2 Å². The maximum Gasteiger partial charge on any atom is 0.193 e. The summed E-state index contributed by atoms with van der Waals surface area (Å²) in [5.41, 5.74) is 0.679. The van der Waals surface area contributed by atoms with Gasteiger partial charge in [0, 0.05) is 27.6 Å². The van der Waals surface area contributed by atoms with E-state index < -0.39 is 36.1 Å². The Bertz CT molecular complexity index is 1160. The monoisotopic (exact) mass is 556 g/mol. The first-order valence-corrected chi connectivity index (χ1v) is 14.0. The molecule has 0 unspecified atom stereocenters. The van der Waals surface area contributed by atoms with Gasteiger partial charge in [0.2, 0.25) is 0 Å². The van der Waals surface area contributed by atoms with Crippen LogP contribution in [0.15, 0.2) is 48.1 Å². The molecule has 5 aliphatic rings. The van der Waals surface area contributed by atoms with Gasteiger partial charge in [-0.2, -0.15) is 0 Å². The van der Waals surface area contributed by atoms with E-state index in [0.29, 0.717) is 12.8 Å². The number of halogens is 1. The normalized spacial score (nSPS) is 44.9. The van der Waals surface area contributed by atoms with Gasteiger partial charge in [-0.1, -0.05) is 65.7 Å². The molecule has 0 bridgehead atoms. The fourth-order valence-corrected chi connectivity index (χ4v) is 8.97. The van der Waals surface area contributed by atoms with E-state index in [1.807, 2.05) is 30.3 Å². The summed E-state index contributed by atoms with van der Waals surface area (Å²) in [4.78, 5) is 25.6. The van der Waals surface area contributed by atoms with Crippen molar-refractivity contribution in [1.29, 1.82) is 0 Å². The topological polar surface area (TPSA) is 93.1 Å². The van der Waals surface area contributed by atoms with E-state index in [9.17, 15) is 19.8 Å². The number of ether oxygens (including phenoxy) is 2. The van der Waals surface area contributed by atoms with Crippen molar-refractivity contribution < 1.29 is 29.3 Å². The molecular formula is C29H33BrO6. The molecule has 2 N–H and O–H groups in total.